The lowest BCUT2D eigenvalue weighted by atomic mass is 9.41. The quantitative estimate of drug-likeness (QED) is 0.287. The highest BCUT2D eigenvalue weighted by Crippen LogP contribution is 2.70. The van der Waals surface area contributed by atoms with E-state index < -0.39 is 52.7 Å². The van der Waals surface area contributed by atoms with Gasteiger partial charge in [0.25, 0.3) is 0 Å². The molecule has 39 heavy (non-hydrogen) atoms. The van der Waals surface area contributed by atoms with E-state index in [-0.39, 0.29) is 55.7 Å². The van der Waals surface area contributed by atoms with Crippen LogP contribution in [0.5, 0.6) is 0 Å². The molecule has 1 spiro atoms. The third kappa shape index (κ3) is 4.28. The molecule has 10 heteroatoms. The van der Waals surface area contributed by atoms with Gasteiger partial charge in [-0.15, -0.1) is 0 Å². The number of aliphatic hydroxyl groups excluding tert-OH is 1. The number of epoxide rings is 1. The number of ether oxygens (including phenoxy) is 6. The van der Waals surface area contributed by atoms with E-state index in [4.69, 9.17) is 28.4 Å². The number of hydrogen-bond acceptors (Lipinski definition) is 10. The number of rotatable bonds is 7. The standard InChI is InChI=1S/C29H42O10/c1-7-15(2)25(33)39-24-20(32)12-21-27(6,22-11-19-8-9-34-26(19)38-22)16(3)10-23(37-18(5)31)28(21,13-35-17(4)30)29(24)14-36-29/h8-9,15-16,19-24,26,32H,7,10-14H2,1-6H3/t15-,16-,19+,20-,21+,22+,23+,24+,26-,27+,28+,29-/m1/s1. The Bertz CT molecular complexity index is 1020. The van der Waals surface area contributed by atoms with Gasteiger partial charge >= 0.3 is 17.9 Å². The number of carbonyl (C=O) groups is 3. The van der Waals surface area contributed by atoms with Crippen LogP contribution in [0.3, 0.4) is 0 Å². The lowest BCUT2D eigenvalue weighted by Crippen LogP contribution is -2.74. The third-order valence-electron chi connectivity index (χ3n) is 10.6. The first-order chi connectivity index (χ1) is 18.4. The zero-order valence-corrected chi connectivity index (χ0v) is 23.7. The maximum absolute atomic E-state index is 13.0. The molecule has 0 aromatic heterocycles. The molecule has 3 aliphatic heterocycles. The molecule has 0 bridgehead atoms. The second-order valence-electron chi connectivity index (χ2n) is 12.5. The molecule has 1 N–H and O–H groups in total. The second kappa shape index (κ2) is 10.0. The molecule has 2 saturated carbocycles. The van der Waals surface area contributed by atoms with Crippen LogP contribution in [-0.4, -0.2) is 72.5 Å². The third-order valence-corrected chi connectivity index (χ3v) is 10.6. The summed E-state index contributed by atoms with van der Waals surface area (Å²) in [6, 6.07) is 0. The van der Waals surface area contributed by atoms with Crippen LogP contribution in [0.2, 0.25) is 0 Å². The first-order valence-electron chi connectivity index (χ1n) is 14.2. The summed E-state index contributed by atoms with van der Waals surface area (Å²) in [4.78, 5) is 37.7. The average Bonchev–Trinajstić information content (AvgIpc) is 3.36. The minimum atomic E-state index is -1.19. The van der Waals surface area contributed by atoms with Gasteiger partial charge < -0.3 is 33.5 Å². The maximum Gasteiger partial charge on any atom is 0.309 e. The number of hydrogen-bond donors (Lipinski definition) is 1. The van der Waals surface area contributed by atoms with E-state index in [1.54, 1.807) is 13.2 Å². The Hall–Kier alpha value is -2.17. The van der Waals surface area contributed by atoms with Crippen LogP contribution >= 0.6 is 0 Å². The Kier molecular flexibility index (Phi) is 7.29. The fourth-order valence-corrected chi connectivity index (χ4v) is 8.01. The van der Waals surface area contributed by atoms with E-state index >= 15 is 0 Å². The van der Waals surface area contributed by atoms with Gasteiger partial charge in [-0.3, -0.25) is 14.4 Å². The van der Waals surface area contributed by atoms with Gasteiger partial charge in [-0.25, -0.2) is 0 Å². The Morgan fingerprint density at radius 1 is 1.13 bits per heavy atom. The molecule has 12 atom stereocenters. The second-order valence-corrected chi connectivity index (χ2v) is 12.5. The van der Waals surface area contributed by atoms with Crippen molar-refractivity contribution in [1.29, 1.82) is 0 Å². The molecule has 5 aliphatic rings. The van der Waals surface area contributed by atoms with Crippen molar-refractivity contribution in [2.75, 3.05) is 13.2 Å². The van der Waals surface area contributed by atoms with E-state index in [1.165, 1.54) is 13.8 Å². The SMILES string of the molecule is CC[C@@H](C)C(=O)O[C@H]1[C@H](O)C[C@H]2[C@@](C)([C@@H]3C[C@@H]4C=CO[C@@H]4O3)[C@H](C)C[C@H](OC(C)=O)[C@@]2(COC(C)=O)[C@@]12CO2. The van der Waals surface area contributed by atoms with Crippen molar-refractivity contribution in [2.45, 2.75) is 104 Å². The van der Waals surface area contributed by atoms with Crippen LogP contribution in [0.25, 0.3) is 0 Å². The topological polar surface area (TPSA) is 130 Å². The van der Waals surface area contributed by atoms with Crippen molar-refractivity contribution in [3.05, 3.63) is 12.3 Å². The molecular weight excluding hydrogens is 508 g/mol. The molecular formula is C29H42O10. The van der Waals surface area contributed by atoms with Crippen LogP contribution in [-0.2, 0) is 42.8 Å². The highest BCUT2D eigenvalue weighted by molar-refractivity contribution is 5.72. The van der Waals surface area contributed by atoms with Gasteiger partial charge in [-0.2, -0.15) is 0 Å². The molecule has 0 aromatic carbocycles. The Morgan fingerprint density at radius 2 is 1.85 bits per heavy atom. The molecule has 3 heterocycles. The van der Waals surface area contributed by atoms with Crippen molar-refractivity contribution in [2.24, 2.45) is 34.5 Å². The molecule has 2 saturated heterocycles. The van der Waals surface area contributed by atoms with Crippen LogP contribution in [0.1, 0.15) is 67.2 Å². The predicted molar refractivity (Wildman–Crippen MR) is 136 cm³/mol. The van der Waals surface area contributed by atoms with Crippen LogP contribution in [0.4, 0.5) is 0 Å². The number of esters is 3. The molecule has 218 valence electrons. The average molecular weight is 551 g/mol. The summed E-state index contributed by atoms with van der Waals surface area (Å²) in [5, 5.41) is 11.6. The summed E-state index contributed by atoms with van der Waals surface area (Å²) in [5.74, 6) is -1.97. The van der Waals surface area contributed by atoms with Crippen molar-refractivity contribution >= 4 is 17.9 Å². The van der Waals surface area contributed by atoms with Gasteiger partial charge in [-0.05, 0) is 43.6 Å². The predicted octanol–water partition coefficient (Wildman–Crippen LogP) is 2.90. The fourth-order valence-electron chi connectivity index (χ4n) is 8.01. The van der Waals surface area contributed by atoms with Gasteiger partial charge in [0.15, 0.2) is 6.10 Å². The van der Waals surface area contributed by atoms with Gasteiger partial charge in [0.2, 0.25) is 6.29 Å². The molecule has 0 amide bonds. The lowest BCUT2D eigenvalue weighted by Gasteiger charge is -2.65. The number of carbonyl (C=O) groups excluding carboxylic acids is 3. The van der Waals surface area contributed by atoms with Crippen molar-refractivity contribution in [3.63, 3.8) is 0 Å². The van der Waals surface area contributed by atoms with E-state index in [9.17, 15) is 19.5 Å². The summed E-state index contributed by atoms with van der Waals surface area (Å²) in [5.41, 5.74) is -2.81. The normalized spacial score (nSPS) is 46.5. The van der Waals surface area contributed by atoms with Crippen LogP contribution in [0.15, 0.2) is 12.3 Å². The maximum atomic E-state index is 13.0. The first kappa shape index (κ1) is 28.4. The molecule has 4 fully saturated rings. The van der Waals surface area contributed by atoms with E-state index in [1.807, 2.05) is 13.0 Å². The first-order valence-corrected chi connectivity index (χ1v) is 14.2. The van der Waals surface area contributed by atoms with E-state index in [0.29, 0.717) is 12.8 Å². The van der Waals surface area contributed by atoms with Crippen molar-refractivity contribution in [1.82, 2.24) is 0 Å². The zero-order valence-electron chi connectivity index (χ0n) is 23.7. The van der Waals surface area contributed by atoms with E-state index in [2.05, 4.69) is 13.8 Å². The van der Waals surface area contributed by atoms with Gasteiger partial charge in [0, 0.05) is 25.2 Å². The van der Waals surface area contributed by atoms with Crippen molar-refractivity contribution < 1.29 is 47.9 Å². The summed E-state index contributed by atoms with van der Waals surface area (Å²) in [6.07, 6.45) is 2.38. The molecule has 2 aliphatic carbocycles. The molecule has 10 nitrogen and oxygen atoms in total. The van der Waals surface area contributed by atoms with Gasteiger partial charge in [0.1, 0.15) is 18.3 Å². The Labute approximate surface area is 229 Å². The molecule has 5 rings (SSSR count). The monoisotopic (exact) mass is 550 g/mol. The number of aliphatic hydroxyl groups is 1. The minimum Gasteiger partial charge on any atom is -0.472 e. The number of fused-ring (bicyclic) bond motifs is 3. The zero-order chi connectivity index (χ0) is 28.3. The minimum absolute atomic E-state index is 0.00678. The smallest absolute Gasteiger partial charge is 0.309 e. The molecule has 0 aromatic rings. The molecule has 0 radical (unpaired) electrons. The largest absolute Gasteiger partial charge is 0.472 e. The van der Waals surface area contributed by atoms with Crippen LogP contribution < -0.4 is 0 Å². The van der Waals surface area contributed by atoms with Gasteiger partial charge in [-0.1, -0.05) is 27.7 Å². The van der Waals surface area contributed by atoms with E-state index in [0.717, 1.165) is 6.42 Å². The highest BCUT2D eigenvalue weighted by atomic mass is 16.7. The molecule has 0 unspecified atom stereocenters. The van der Waals surface area contributed by atoms with Crippen molar-refractivity contribution in [3.8, 4) is 0 Å². The van der Waals surface area contributed by atoms with Gasteiger partial charge in [0.05, 0.1) is 36.4 Å². The fraction of sp³-hybridized carbons (Fsp3) is 0.828. The Balaban J connectivity index is 1.62. The summed E-state index contributed by atoms with van der Waals surface area (Å²) >= 11 is 0. The lowest BCUT2D eigenvalue weighted by molar-refractivity contribution is -0.284. The van der Waals surface area contributed by atoms with Crippen LogP contribution in [0, 0.1) is 34.5 Å². The summed E-state index contributed by atoms with van der Waals surface area (Å²) in [7, 11) is 0. The summed E-state index contributed by atoms with van der Waals surface area (Å²) in [6.45, 7) is 10.7. The summed E-state index contributed by atoms with van der Waals surface area (Å²) < 4.78 is 36.2. The Morgan fingerprint density at radius 3 is 2.44 bits per heavy atom. The highest BCUT2D eigenvalue weighted by Gasteiger charge is 2.81.